The van der Waals surface area contributed by atoms with Gasteiger partial charge in [0.15, 0.2) is 6.61 Å². The van der Waals surface area contributed by atoms with Crippen LogP contribution in [0.1, 0.15) is 49.7 Å². The molecular formula is C21H25ClO4S. The molecule has 3 rings (SSSR count). The number of fused-ring (bicyclic) bond motifs is 1. The van der Waals surface area contributed by atoms with Crippen molar-refractivity contribution >= 4 is 45.0 Å². The molecule has 6 heteroatoms. The summed E-state index contributed by atoms with van der Waals surface area (Å²) in [7, 11) is 0. The third-order valence-electron chi connectivity index (χ3n) is 5.29. The molecule has 1 aromatic heterocycles. The highest BCUT2D eigenvalue weighted by molar-refractivity contribution is 7.21. The van der Waals surface area contributed by atoms with Crippen LogP contribution in [-0.4, -0.2) is 24.6 Å². The van der Waals surface area contributed by atoms with Gasteiger partial charge >= 0.3 is 11.9 Å². The zero-order valence-corrected chi connectivity index (χ0v) is 17.4. The van der Waals surface area contributed by atoms with E-state index in [1.165, 1.54) is 11.3 Å². The molecule has 0 unspecified atom stereocenters. The van der Waals surface area contributed by atoms with Crippen LogP contribution < -0.4 is 0 Å². The molecule has 0 aliphatic heterocycles. The van der Waals surface area contributed by atoms with Gasteiger partial charge in [-0.1, -0.05) is 57.0 Å². The SMILES string of the molecule is CC(C)[C@H]1CC[C@H](C)C[C@H]1OC(=O)COC(=O)c1sc2ccccc2c1Cl. The second kappa shape index (κ2) is 8.61. The quantitative estimate of drug-likeness (QED) is 0.594. The van der Waals surface area contributed by atoms with Gasteiger partial charge < -0.3 is 9.47 Å². The third kappa shape index (κ3) is 4.64. The number of benzene rings is 1. The smallest absolute Gasteiger partial charge is 0.350 e. The van der Waals surface area contributed by atoms with E-state index < -0.39 is 11.9 Å². The van der Waals surface area contributed by atoms with Gasteiger partial charge in [0.05, 0.1) is 5.02 Å². The largest absolute Gasteiger partial charge is 0.460 e. The summed E-state index contributed by atoms with van der Waals surface area (Å²) in [5.41, 5.74) is 0. The van der Waals surface area contributed by atoms with Crippen LogP contribution >= 0.6 is 22.9 Å². The topological polar surface area (TPSA) is 52.6 Å². The van der Waals surface area contributed by atoms with Crippen molar-refractivity contribution in [2.24, 2.45) is 17.8 Å². The average molecular weight is 409 g/mol. The zero-order valence-electron chi connectivity index (χ0n) is 15.9. The molecule has 1 aliphatic carbocycles. The molecule has 0 radical (unpaired) electrons. The first-order chi connectivity index (χ1) is 12.9. The van der Waals surface area contributed by atoms with Gasteiger partial charge in [-0.3, -0.25) is 0 Å². The summed E-state index contributed by atoms with van der Waals surface area (Å²) in [6.07, 6.45) is 2.99. The summed E-state index contributed by atoms with van der Waals surface area (Å²) < 4.78 is 11.8. The van der Waals surface area contributed by atoms with Crippen molar-refractivity contribution in [2.45, 2.75) is 46.1 Å². The number of halogens is 1. The predicted molar refractivity (Wildman–Crippen MR) is 108 cm³/mol. The lowest BCUT2D eigenvalue weighted by Gasteiger charge is -2.36. The molecule has 1 aliphatic rings. The number of hydrogen-bond acceptors (Lipinski definition) is 5. The van der Waals surface area contributed by atoms with E-state index >= 15 is 0 Å². The highest BCUT2D eigenvalue weighted by Crippen LogP contribution is 2.36. The van der Waals surface area contributed by atoms with Crippen LogP contribution in [0, 0.1) is 17.8 Å². The summed E-state index contributed by atoms with van der Waals surface area (Å²) in [4.78, 5) is 24.9. The summed E-state index contributed by atoms with van der Waals surface area (Å²) in [6, 6.07) is 7.50. The van der Waals surface area contributed by atoms with Gasteiger partial charge in [-0.2, -0.15) is 0 Å². The van der Waals surface area contributed by atoms with E-state index in [0.717, 1.165) is 29.3 Å². The first kappa shape index (κ1) is 20.2. The monoisotopic (exact) mass is 408 g/mol. The number of carbonyl (C=O) groups is 2. The minimum absolute atomic E-state index is 0.104. The predicted octanol–water partition coefficient (Wildman–Crippen LogP) is 5.72. The van der Waals surface area contributed by atoms with Crippen molar-refractivity contribution in [1.29, 1.82) is 0 Å². The Labute approximate surface area is 168 Å². The van der Waals surface area contributed by atoms with Crippen molar-refractivity contribution < 1.29 is 19.1 Å². The Bertz CT molecular complexity index is 829. The first-order valence-electron chi connectivity index (χ1n) is 9.40. The van der Waals surface area contributed by atoms with Crippen LogP contribution in [0.25, 0.3) is 10.1 Å². The lowest BCUT2D eigenvalue weighted by atomic mass is 9.75. The number of thiophene rings is 1. The fraction of sp³-hybridized carbons (Fsp3) is 0.524. The lowest BCUT2D eigenvalue weighted by Crippen LogP contribution is -2.36. The van der Waals surface area contributed by atoms with E-state index in [-0.39, 0.29) is 12.7 Å². The van der Waals surface area contributed by atoms with E-state index in [2.05, 4.69) is 20.8 Å². The zero-order chi connectivity index (χ0) is 19.6. The standard InChI is InChI=1S/C21H25ClO4S/c1-12(2)14-9-8-13(3)10-16(14)26-18(23)11-25-21(24)20-19(22)15-6-4-5-7-17(15)27-20/h4-7,12-14,16H,8-11H2,1-3H3/t13-,14+,16+/m0/s1. The van der Waals surface area contributed by atoms with Crippen molar-refractivity contribution in [2.75, 3.05) is 6.61 Å². The molecule has 146 valence electrons. The normalized spacial score (nSPS) is 22.8. The van der Waals surface area contributed by atoms with Crippen LogP contribution in [-0.2, 0) is 14.3 Å². The number of hydrogen-bond donors (Lipinski definition) is 0. The van der Waals surface area contributed by atoms with Crippen LogP contribution in [0.5, 0.6) is 0 Å². The van der Waals surface area contributed by atoms with Crippen LogP contribution in [0.2, 0.25) is 5.02 Å². The van der Waals surface area contributed by atoms with Gasteiger partial charge in [0.2, 0.25) is 0 Å². The molecule has 0 saturated heterocycles. The van der Waals surface area contributed by atoms with Crippen molar-refractivity contribution in [1.82, 2.24) is 0 Å². The molecule has 27 heavy (non-hydrogen) atoms. The van der Waals surface area contributed by atoms with Crippen molar-refractivity contribution in [3.8, 4) is 0 Å². The molecular weight excluding hydrogens is 384 g/mol. The Balaban J connectivity index is 1.59. The van der Waals surface area contributed by atoms with E-state index in [1.54, 1.807) is 0 Å². The Morgan fingerprint density at radius 2 is 2.00 bits per heavy atom. The molecule has 0 bridgehead atoms. The van der Waals surface area contributed by atoms with Gasteiger partial charge in [-0.25, -0.2) is 9.59 Å². The molecule has 1 heterocycles. The Morgan fingerprint density at radius 3 is 2.70 bits per heavy atom. The second-order valence-electron chi connectivity index (χ2n) is 7.67. The van der Waals surface area contributed by atoms with Crippen molar-refractivity contribution in [3.63, 3.8) is 0 Å². The molecule has 2 aromatic rings. The highest BCUT2D eigenvalue weighted by atomic mass is 35.5. The lowest BCUT2D eigenvalue weighted by molar-refractivity contribution is -0.159. The third-order valence-corrected chi connectivity index (χ3v) is 6.94. The molecule has 1 aromatic carbocycles. The summed E-state index contributed by atoms with van der Waals surface area (Å²) in [5, 5.41) is 1.18. The molecule has 3 atom stereocenters. The van der Waals surface area contributed by atoms with Crippen molar-refractivity contribution in [3.05, 3.63) is 34.2 Å². The van der Waals surface area contributed by atoms with Gasteiger partial charge in [0.1, 0.15) is 11.0 Å². The molecule has 1 saturated carbocycles. The Kier molecular flexibility index (Phi) is 6.43. The van der Waals surface area contributed by atoms with Gasteiger partial charge in [-0.15, -0.1) is 11.3 Å². The summed E-state index contributed by atoms with van der Waals surface area (Å²) >= 11 is 7.55. The van der Waals surface area contributed by atoms with E-state index in [9.17, 15) is 9.59 Å². The van der Waals surface area contributed by atoms with Gasteiger partial charge in [0, 0.05) is 10.1 Å². The second-order valence-corrected chi connectivity index (χ2v) is 9.10. The minimum Gasteiger partial charge on any atom is -0.460 e. The molecule has 4 nitrogen and oxygen atoms in total. The maximum atomic E-state index is 12.4. The van der Waals surface area contributed by atoms with Gasteiger partial charge in [0.25, 0.3) is 0 Å². The van der Waals surface area contributed by atoms with Crippen LogP contribution in [0.3, 0.4) is 0 Å². The number of esters is 2. The highest BCUT2D eigenvalue weighted by Gasteiger charge is 2.33. The molecule has 0 N–H and O–H groups in total. The molecule has 0 amide bonds. The molecule has 1 fully saturated rings. The van der Waals surface area contributed by atoms with Crippen LogP contribution in [0.4, 0.5) is 0 Å². The fourth-order valence-corrected chi connectivity index (χ4v) is 5.19. The maximum Gasteiger partial charge on any atom is 0.350 e. The van der Waals surface area contributed by atoms with Crippen LogP contribution in [0.15, 0.2) is 24.3 Å². The first-order valence-corrected chi connectivity index (χ1v) is 10.6. The van der Waals surface area contributed by atoms with E-state index in [1.807, 2.05) is 24.3 Å². The summed E-state index contributed by atoms with van der Waals surface area (Å²) in [5.74, 6) is 0.270. The number of rotatable bonds is 5. The maximum absolute atomic E-state index is 12.4. The molecule has 0 spiro atoms. The summed E-state index contributed by atoms with van der Waals surface area (Å²) in [6.45, 7) is 6.11. The van der Waals surface area contributed by atoms with Gasteiger partial charge in [-0.05, 0) is 36.7 Å². The average Bonchev–Trinajstić information content (AvgIpc) is 2.97. The fourth-order valence-electron chi connectivity index (χ4n) is 3.79. The number of ether oxygens (including phenoxy) is 2. The Hall–Kier alpha value is -1.59. The minimum atomic E-state index is -0.587. The van der Waals surface area contributed by atoms with E-state index in [0.29, 0.717) is 27.7 Å². The Morgan fingerprint density at radius 1 is 1.26 bits per heavy atom. The number of carbonyl (C=O) groups excluding carboxylic acids is 2. The van der Waals surface area contributed by atoms with E-state index in [4.69, 9.17) is 21.1 Å².